The van der Waals surface area contributed by atoms with Gasteiger partial charge in [0, 0.05) is 0 Å². The fourth-order valence-corrected chi connectivity index (χ4v) is 3.37. The van der Waals surface area contributed by atoms with E-state index in [0.29, 0.717) is 34.3 Å². The van der Waals surface area contributed by atoms with Gasteiger partial charge < -0.3 is 9.47 Å². The summed E-state index contributed by atoms with van der Waals surface area (Å²) in [5.41, 5.74) is 1.24. The highest BCUT2D eigenvalue weighted by molar-refractivity contribution is 8.19. The molecular weight excluding hydrogens is 364 g/mol. The number of imide groups is 1. The summed E-state index contributed by atoms with van der Waals surface area (Å²) in [6.45, 7) is 2.18. The second kappa shape index (κ2) is 8.43. The highest BCUT2D eigenvalue weighted by Gasteiger charge is 2.36. The van der Waals surface area contributed by atoms with Crippen LogP contribution in [0.2, 0.25) is 0 Å². The Morgan fingerprint density at radius 2 is 1.89 bits per heavy atom. The molecule has 2 aromatic rings. The van der Waals surface area contributed by atoms with E-state index in [2.05, 4.69) is 0 Å². The molecule has 1 aliphatic heterocycles. The summed E-state index contributed by atoms with van der Waals surface area (Å²) >= 11 is 0.892. The summed E-state index contributed by atoms with van der Waals surface area (Å²) in [6, 6.07) is 15.8. The van der Waals surface area contributed by atoms with Gasteiger partial charge in [-0.15, -0.1) is 0 Å². The Morgan fingerprint density at radius 1 is 1.11 bits per heavy atom. The van der Waals surface area contributed by atoms with Crippen LogP contribution in [0, 0.1) is 11.3 Å². The number of carbonyl (C=O) groups is 2. The van der Waals surface area contributed by atoms with Gasteiger partial charge in [0.1, 0.15) is 6.07 Å². The maximum absolute atomic E-state index is 12.7. The van der Waals surface area contributed by atoms with Crippen molar-refractivity contribution in [1.29, 1.82) is 5.26 Å². The lowest BCUT2D eigenvalue weighted by atomic mass is 10.1. The molecule has 0 unspecified atom stereocenters. The van der Waals surface area contributed by atoms with Gasteiger partial charge in [-0.2, -0.15) is 5.26 Å². The predicted molar refractivity (Wildman–Crippen MR) is 104 cm³/mol. The summed E-state index contributed by atoms with van der Waals surface area (Å²) in [4.78, 5) is 26.4. The van der Waals surface area contributed by atoms with Crippen molar-refractivity contribution in [3.8, 4) is 17.6 Å². The Morgan fingerprint density at radius 3 is 2.59 bits per heavy atom. The van der Waals surface area contributed by atoms with E-state index in [0.717, 1.165) is 16.7 Å². The molecule has 7 heteroatoms. The molecule has 0 radical (unpaired) electrons. The molecule has 136 valence electrons. The van der Waals surface area contributed by atoms with Crippen molar-refractivity contribution in [2.75, 3.05) is 18.1 Å². The Labute approximate surface area is 161 Å². The fraction of sp³-hybridized carbons (Fsp3) is 0.150. The summed E-state index contributed by atoms with van der Waals surface area (Å²) in [5, 5.41) is 8.33. The van der Waals surface area contributed by atoms with Crippen molar-refractivity contribution in [3.05, 3.63) is 59.0 Å². The number of para-hydroxylation sites is 1. The van der Waals surface area contributed by atoms with Gasteiger partial charge in [0.2, 0.25) is 0 Å². The van der Waals surface area contributed by atoms with Gasteiger partial charge >= 0.3 is 0 Å². The van der Waals surface area contributed by atoms with E-state index in [1.165, 1.54) is 0 Å². The molecule has 1 aliphatic rings. The molecule has 0 spiro atoms. The molecule has 0 aliphatic carbocycles. The summed E-state index contributed by atoms with van der Waals surface area (Å²) < 4.78 is 10.9. The number of benzene rings is 2. The van der Waals surface area contributed by atoms with E-state index < -0.39 is 0 Å². The number of hydrogen-bond acceptors (Lipinski definition) is 6. The molecule has 0 saturated carbocycles. The molecule has 0 bridgehead atoms. The first-order valence-electron chi connectivity index (χ1n) is 8.23. The SMILES string of the molecule is CCOc1cc(/C=C2/SC(=O)N(c3ccccc3)C2=O)ccc1OCC#N. The number of anilines is 1. The van der Waals surface area contributed by atoms with Gasteiger partial charge in [0.25, 0.3) is 11.1 Å². The van der Waals surface area contributed by atoms with Crippen molar-refractivity contribution in [2.45, 2.75) is 6.92 Å². The topological polar surface area (TPSA) is 79.6 Å². The van der Waals surface area contributed by atoms with Crippen molar-refractivity contribution in [1.82, 2.24) is 0 Å². The maximum Gasteiger partial charge on any atom is 0.298 e. The minimum atomic E-state index is -0.362. The standard InChI is InChI=1S/C20H16N2O4S/c1-2-25-17-12-14(8-9-16(17)26-11-10-21)13-18-19(23)22(20(24)27-18)15-6-4-3-5-7-15/h3-9,12-13H,2,11H2,1H3/b18-13+. The number of nitrogens with zero attached hydrogens (tertiary/aromatic N) is 2. The molecule has 1 saturated heterocycles. The molecule has 1 fully saturated rings. The smallest absolute Gasteiger partial charge is 0.298 e. The van der Waals surface area contributed by atoms with Crippen molar-refractivity contribution in [2.24, 2.45) is 0 Å². The highest BCUT2D eigenvalue weighted by atomic mass is 32.2. The van der Waals surface area contributed by atoms with E-state index in [4.69, 9.17) is 14.7 Å². The molecule has 2 aromatic carbocycles. The third-order valence-electron chi connectivity index (χ3n) is 3.67. The largest absolute Gasteiger partial charge is 0.490 e. The summed E-state index contributed by atoms with van der Waals surface area (Å²) in [6.07, 6.45) is 1.64. The molecule has 1 heterocycles. The van der Waals surface area contributed by atoms with Crippen LogP contribution in [0.5, 0.6) is 11.5 Å². The second-order valence-corrected chi connectivity index (χ2v) is 6.43. The maximum atomic E-state index is 12.7. The average molecular weight is 380 g/mol. The number of hydrogen-bond donors (Lipinski definition) is 0. The van der Waals surface area contributed by atoms with Crippen molar-refractivity contribution < 1.29 is 19.1 Å². The minimum Gasteiger partial charge on any atom is -0.490 e. The number of ether oxygens (including phenoxy) is 2. The number of amides is 2. The van der Waals surface area contributed by atoms with Gasteiger partial charge in [-0.3, -0.25) is 9.59 Å². The van der Waals surface area contributed by atoms with E-state index in [-0.39, 0.29) is 17.8 Å². The minimum absolute atomic E-state index is 0.0879. The van der Waals surface area contributed by atoms with Crippen LogP contribution in [0.1, 0.15) is 12.5 Å². The average Bonchev–Trinajstić information content (AvgIpc) is 2.95. The Balaban J connectivity index is 1.88. The normalized spacial score (nSPS) is 15.1. The van der Waals surface area contributed by atoms with Crippen LogP contribution in [0.25, 0.3) is 6.08 Å². The number of nitriles is 1. The second-order valence-electron chi connectivity index (χ2n) is 5.44. The van der Waals surface area contributed by atoms with Gasteiger partial charge in [0.15, 0.2) is 18.1 Å². The Bertz CT molecular complexity index is 935. The molecule has 3 rings (SSSR count). The zero-order valence-corrected chi connectivity index (χ0v) is 15.4. The van der Waals surface area contributed by atoms with Crippen LogP contribution in [-0.2, 0) is 4.79 Å². The molecule has 0 atom stereocenters. The van der Waals surface area contributed by atoms with E-state index in [1.54, 1.807) is 48.5 Å². The van der Waals surface area contributed by atoms with Crippen LogP contribution in [0.3, 0.4) is 0 Å². The first-order chi connectivity index (χ1) is 13.1. The summed E-state index contributed by atoms with van der Waals surface area (Å²) in [7, 11) is 0. The first-order valence-corrected chi connectivity index (χ1v) is 9.05. The van der Waals surface area contributed by atoms with Crippen LogP contribution in [-0.4, -0.2) is 24.4 Å². The van der Waals surface area contributed by atoms with Crippen molar-refractivity contribution in [3.63, 3.8) is 0 Å². The lowest BCUT2D eigenvalue weighted by Crippen LogP contribution is -2.27. The monoisotopic (exact) mass is 380 g/mol. The van der Waals surface area contributed by atoms with Gasteiger partial charge in [-0.1, -0.05) is 24.3 Å². The predicted octanol–water partition coefficient (Wildman–Crippen LogP) is 4.23. The quantitative estimate of drug-likeness (QED) is 0.698. The van der Waals surface area contributed by atoms with E-state index in [1.807, 2.05) is 19.1 Å². The zero-order valence-electron chi connectivity index (χ0n) is 14.5. The van der Waals surface area contributed by atoms with Crippen molar-refractivity contribution >= 4 is 34.7 Å². The number of rotatable bonds is 6. The van der Waals surface area contributed by atoms with Gasteiger partial charge in [-0.25, -0.2) is 4.90 Å². The summed E-state index contributed by atoms with van der Waals surface area (Å²) in [5.74, 6) is 0.565. The molecule has 0 N–H and O–H groups in total. The first kappa shape index (κ1) is 18.5. The van der Waals surface area contributed by atoms with E-state index >= 15 is 0 Å². The fourth-order valence-electron chi connectivity index (χ4n) is 2.53. The number of carbonyl (C=O) groups excluding carboxylic acids is 2. The van der Waals surface area contributed by atoms with Crippen LogP contribution < -0.4 is 14.4 Å². The molecule has 0 aromatic heterocycles. The molecule has 2 amide bonds. The molecular formula is C20H16N2O4S. The van der Waals surface area contributed by atoms with Gasteiger partial charge in [-0.05, 0) is 54.6 Å². The molecule has 27 heavy (non-hydrogen) atoms. The third-order valence-corrected chi connectivity index (χ3v) is 4.54. The molecule has 6 nitrogen and oxygen atoms in total. The zero-order chi connectivity index (χ0) is 19.2. The van der Waals surface area contributed by atoms with Crippen LogP contribution >= 0.6 is 11.8 Å². The lowest BCUT2D eigenvalue weighted by molar-refractivity contribution is -0.113. The highest BCUT2D eigenvalue weighted by Crippen LogP contribution is 2.36. The van der Waals surface area contributed by atoms with Crippen LogP contribution in [0.15, 0.2) is 53.4 Å². The lowest BCUT2D eigenvalue weighted by Gasteiger charge is -2.12. The number of thioether (sulfide) groups is 1. The third kappa shape index (κ3) is 4.13. The Hall–Kier alpha value is -3.24. The van der Waals surface area contributed by atoms with E-state index in [9.17, 15) is 9.59 Å². The van der Waals surface area contributed by atoms with Gasteiger partial charge in [0.05, 0.1) is 17.2 Å². The Kier molecular flexibility index (Phi) is 5.79. The van der Waals surface area contributed by atoms with Crippen LogP contribution in [0.4, 0.5) is 10.5 Å².